The number of rotatable bonds is 3. The third kappa shape index (κ3) is 3.84. The van der Waals surface area contributed by atoms with Crippen molar-refractivity contribution in [2.75, 3.05) is 7.11 Å². The third-order valence-electron chi connectivity index (χ3n) is 1.90. The maximum atomic E-state index is 12.5. The molecule has 1 aromatic heterocycles. The first-order chi connectivity index (χ1) is 8.95. The van der Waals surface area contributed by atoms with Gasteiger partial charge in [0.25, 0.3) is 6.43 Å². The van der Waals surface area contributed by atoms with Gasteiger partial charge in [0.1, 0.15) is 5.69 Å². The van der Waals surface area contributed by atoms with Gasteiger partial charge in [-0.05, 0) is 0 Å². The Bertz CT molecular complexity index is 482. The largest absolute Gasteiger partial charge is 0.573 e. The SMILES string of the molecule is COc1cc(OC(F)(F)F)c(C(F)F)nc1C(F)(F)F. The Morgan fingerprint density at radius 3 is 1.95 bits per heavy atom. The van der Waals surface area contributed by atoms with Gasteiger partial charge < -0.3 is 9.47 Å². The molecule has 0 saturated heterocycles. The standard InChI is InChI=1S/C9H5F8NO2/c1-19-4-2-3(20-9(15,16)17)5(7(10)11)18-6(4)8(12,13)14/h2,7H,1H3. The van der Waals surface area contributed by atoms with Crippen molar-refractivity contribution in [3.05, 3.63) is 17.5 Å². The van der Waals surface area contributed by atoms with Crippen LogP contribution in [0.2, 0.25) is 0 Å². The van der Waals surface area contributed by atoms with Gasteiger partial charge in [-0.15, -0.1) is 13.2 Å². The lowest BCUT2D eigenvalue weighted by atomic mass is 10.2. The molecule has 0 spiro atoms. The van der Waals surface area contributed by atoms with Gasteiger partial charge in [-0.3, -0.25) is 0 Å². The summed E-state index contributed by atoms with van der Waals surface area (Å²) in [6, 6.07) is 0.0603. The second kappa shape index (κ2) is 5.29. The van der Waals surface area contributed by atoms with E-state index in [2.05, 4.69) is 14.5 Å². The number of hydrogen-bond donors (Lipinski definition) is 0. The molecule has 1 heterocycles. The average molecular weight is 311 g/mol. The summed E-state index contributed by atoms with van der Waals surface area (Å²) in [5, 5.41) is 0. The van der Waals surface area contributed by atoms with Crippen LogP contribution in [0.5, 0.6) is 11.5 Å². The Morgan fingerprint density at radius 2 is 1.60 bits per heavy atom. The number of ether oxygens (including phenoxy) is 2. The Labute approximate surface area is 106 Å². The first-order valence-corrected chi connectivity index (χ1v) is 4.65. The summed E-state index contributed by atoms with van der Waals surface area (Å²) in [7, 11) is 0.714. The molecule has 0 saturated carbocycles. The van der Waals surface area contributed by atoms with Gasteiger partial charge in [-0.2, -0.15) is 13.2 Å². The van der Waals surface area contributed by atoms with Crippen LogP contribution in [0, 0.1) is 0 Å². The number of halogens is 8. The Morgan fingerprint density at radius 1 is 1.05 bits per heavy atom. The van der Waals surface area contributed by atoms with Crippen molar-refractivity contribution in [3.8, 4) is 11.5 Å². The van der Waals surface area contributed by atoms with E-state index in [0.717, 1.165) is 0 Å². The quantitative estimate of drug-likeness (QED) is 0.792. The van der Waals surface area contributed by atoms with Gasteiger partial charge in [-0.25, -0.2) is 13.8 Å². The van der Waals surface area contributed by atoms with E-state index in [0.29, 0.717) is 7.11 Å². The molecule has 0 N–H and O–H groups in total. The molecular formula is C9H5F8NO2. The van der Waals surface area contributed by atoms with Gasteiger partial charge in [0.15, 0.2) is 17.2 Å². The molecule has 0 amide bonds. The van der Waals surface area contributed by atoms with Crippen molar-refractivity contribution in [2.45, 2.75) is 19.0 Å². The van der Waals surface area contributed by atoms with Crippen LogP contribution in [0.1, 0.15) is 17.8 Å². The van der Waals surface area contributed by atoms with E-state index >= 15 is 0 Å². The number of pyridine rings is 1. The van der Waals surface area contributed by atoms with Crippen molar-refractivity contribution >= 4 is 0 Å². The summed E-state index contributed by atoms with van der Waals surface area (Å²) >= 11 is 0. The second-order valence-corrected chi connectivity index (χ2v) is 3.27. The molecule has 0 fully saturated rings. The zero-order valence-corrected chi connectivity index (χ0v) is 9.44. The summed E-state index contributed by atoms with van der Waals surface area (Å²) in [6.45, 7) is 0. The van der Waals surface area contributed by atoms with E-state index < -0.39 is 41.9 Å². The van der Waals surface area contributed by atoms with Crippen molar-refractivity contribution < 1.29 is 44.6 Å². The fourth-order valence-corrected chi connectivity index (χ4v) is 1.21. The van der Waals surface area contributed by atoms with Crippen molar-refractivity contribution in [1.29, 1.82) is 0 Å². The molecule has 3 nitrogen and oxygen atoms in total. The highest BCUT2D eigenvalue weighted by Gasteiger charge is 2.40. The van der Waals surface area contributed by atoms with Crippen LogP contribution >= 0.6 is 0 Å². The lowest BCUT2D eigenvalue weighted by Crippen LogP contribution is -2.20. The predicted molar refractivity (Wildman–Crippen MR) is 47.4 cm³/mol. The lowest BCUT2D eigenvalue weighted by molar-refractivity contribution is -0.275. The minimum Gasteiger partial charge on any atom is -0.494 e. The van der Waals surface area contributed by atoms with Crippen LogP contribution in [0.4, 0.5) is 35.1 Å². The second-order valence-electron chi connectivity index (χ2n) is 3.27. The molecule has 0 atom stereocenters. The maximum Gasteiger partial charge on any atom is 0.573 e. The summed E-state index contributed by atoms with van der Waals surface area (Å²) in [6.07, 6.45) is -14.2. The molecule has 11 heteroatoms. The monoisotopic (exact) mass is 311 g/mol. The Balaban J connectivity index is 3.46. The topological polar surface area (TPSA) is 31.4 Å². The smallest absolute Gasteiger partial charge is 0.494 e. The summed E-state index contributed by atoms with van der Waals surface area (Å²) in [5.41, 5.74) is -3.65. The number of aromatic nitrogens is 1. The van der Waals surface area contributed by atoms with Gasteiger partial charge in [0.05, 0.1) is 7.11 Å². The van der Waals surface area contributed by atoms with Gasteiger partial charge >= 0.3 is 12.5 Å². The van der Waals surface area contributed by atoms with Crippen LogP contribution in [-0.2, 0) is 6.18 Å². The fourth-order valence-electron chi connectivity index (χ4n) is 1.21. The number of hydrogen-bond acceptors (Lipinski definition) is 3. The van der Waals surface area contributed by atoms with E-state index in [1.54, 1.807) is 0 Å². The number of nitrogens with zero attached hydrogens (tertiary/aromatic N) is 1. The van der Waals surface area contributed by atoms with Crippen LogP contribution in [0.3, 0.4) is 0 Å². The molecule has 0 unspecified atom stereocenters. The number of methoxy groups -OCH3 is 1. The minimum absolute atomic E-state index is 0.0603. The summed E-state index contributed by atoms with van der Waals surface area (Å²) in [4.78, 5) is 2.47. The van der Waals surface area contributed by atoms with E-state index in [9.17, 15) is 35.1 Å². The van der Waals surface area contributed by atoms with Gasteiger partial charge in [-0.1, -0.05) is 0 Å². The highest BCUT2D eigenvalue weighted by Crippen LogP contribution is 2.41. The average Bonchev–Trinajstić information content (AvgIpc) is 2.24. The van der Waals surface area contributed by atoms with Gasteiger partial charge in [0, 0.05) is 6.07 Å². The van der Waals surface area contributed by atoms with Crippen molar-refractivity contribution in [3.63, 3.8) is 0 Å². The molecule has 0 aliphatic rings. The van der Waals surface area contributed by atoms with Crippen molar-refractivity contribution in [1.82, 2.24) is 4.98 Å². The summed E-state index contributed by atoms with van der Waals surface area (Å²) in [5.74, 6) is -2.72. The van der Waals surface area contributed by atoms with E-state index in [-0.39, 0.29) is 6.07 Å². The zero-order chi connectivity index (χ0) is 15.7. The minimum atomic E-state index is -5.36. The Hall–Kier alpha value is -1.81. The predicted octanol–water partition coefficient (Wildman–Crippen LogP) is 3.95. The van der Waals surface area contributed by atoms with E-state index in [1.165, 1.54) is 0 Å². The Kier molecular flexibility index (Phi) is 4.30. The van der Waals surface area contributed by atoms with Crippen LogP contribution in [0.25, 0.3) is 0 Å². The highest BCUT2D eigenvalue weighted by molar-refractivity contribution is 5.42. The molecular weight excluding hydrogens is 306 g/mol. The third-order valence-corrected chi connectivity index (χ3v) is 1.90. The molecule has 0 aromatic carbocycles. The molecule has 1 aromatic rings. The first kappa shape index (κ1) is 16.2. The maximum absolute atomic E-state index is 12.5. The highest BCUT2D eigenvalue weighted by atomic mass is 19.4. The van der Waals surface area contributed by atoms with Gasteiger partial charge in [0.2, 0.25) is 0 Å². The molecule has 0 radical (unpaired) electrons. The van der Waals surface area contributed by atoms with E-state index in [1.807, 2.05) is 0 Å². The zero-order valence-electron chi connectivity index (χ0n) is 9.44. The summed E-state index contributed by atoms with van der Waals surface area (Å²) < 4.78 is 106. The molecule has 114 valence electrons. The van der Waals surface area contributed by atoms with Crippen LogP contribution in [-0.4, -0.2) is 18.5 Å². The molecule has 1 rings (SSSR count). The van der Waals surface area contributed by atoms with Crippen molar-refractivity contribution in [2.24, 2.45) is 0 Å². The molecule has 0 aliphatic carbocycles. The molecule has 0 bridgehead atoms. The molecule has 0 aliphatic heterocycles. The van der Waals surface area contributed by atoms with Crippen LogP contribution < -0.4 is 9.47 Å². The number of alkyl halides is 8. The fraction of sp³-hybridized carbons (Fsp3) is 0.444. The normalized spacial score (nSPS) is 12.7. The van der Waals surface area contributed by atoms with E-state index in [4.69, 9.17) is 0 Å². The molecule has 20 heavy (non-hydrogen) atoms. The first-order valence-electron chi connectivity index (χ1n) is 4.65. The van der Waals surface area contributed by atoms with Crippen LogP contribution in [0.15, 0.2) is 6.07 Å². The lowest BCUT2D eigenvalue weighted by Gasteiger charge is -2.17.